The zero-order chi connectivity index (χ0) is 21.0. The molecule has 0 bridgehead atoms. The monoisotopic (exact) mass is 403 g/mol. The maximum Gasteiger partial charge on any atom is 0.347 e. The van der Waals surface area contributed by atoms with E-state index >= 15 is 0 Å². The fraction of sp³-hybridized carbons (Fsp3) is 0.250. The molecular formula is C20H18FNO7. The molecule has 1 amide bonds. The smallest absolute Gasteiger partial charge is 0.347 e. The quantitative estimate of drug-likeness (QED) is 0.560. The molecule has 1 atom stereocenters. The van der Waals surface area contributed by atoms with Gasteiger partial charge in [0.1, 0.15) is 11.6 Å². The van der Waals surface area contributed by atoms with Crippen molar-refractivity contribution in [1.29, 1.82) is 0 Å². The summed E-state index contributed by atoms with van der Waals surface area (Å²) in [6, 6.07) is 8.07. The maximum atomic E-state index is 12.9. The van der Waals surface area contributed by atoms with Crippen LogP contribution in [0, 0.1) is 5.82 Å². The second-order valence-electron chi connectivity index (χ2n) is 6.18. The molecule has 29 heavy (non-hydrogen) atoms. The highest BCUT2D eigenvalue weighted by molar-refractivity contribution is 6.05. The number of rotatable bonds is 7. The van der Waals surface area contributed by atoms with E-state index in [4.69, 9.17) is 18.9 Å². The third-order valence-electron chi connectivity index (χ3n) is 3.97. The lowest BCUT2D eigenvalue weighted by molar-refractivity contribution is -0.153. The van der Waals surface area contributed by atoms with Crippen LogP contribution in [-0.4, -0.2) is 37.2 Å². The van der Waals surface area contributed by atoms with Gasteiger partial charge in [-0.25, -0.2) is 9.18 Å². The van der Waals surface area contributed by atoms with Crippen molar-refractivity contribution < 1.29 is 37.7 Å². The molecule has 0 aromatic heterocycles. The number of Topliss-reactive ketones (excluding diaryl/α,β-unsaturated/α-hetero) is 1. The molecule has 0 unspecified atom stereocenters. The Bertz CT molecular complexity index is 943. The first kappa shape index (κ1) is 20.1. The van der Waals surface area contributed by atoms with Crippen LogP contribution in [0.25, 0.3) is 0 Å². The zero-order valence-corrected chi connectivity index (χ0v) is 15.7. The van der Waals surface area contributed by atoms with E-state index < -0.39 is 30.4 Å². The number of amides is 1. The molecule has 1 heterocycles. The van der Waals surface area contributed by atoms with Gasteiger partial charge in [-0.2, -0.15) is 0 Å². The van der Waals surface area contributed by atoms with Crippen molar-refractivity contribution in [3.8, 4) is 17.2 Å². The Morgan fingerprint density at radius 1 is 1.14 bits per heavy atom. The molecule has 2 aromatic rings. The lowest BCUT2D eigenvalue weighted by Crippen LogP contribution is -2.30. The van der Waals surface area contributed by atoms with E-state index in [2.05, 4.69) is 5.32 Å². The van der Waals surface area contributed by atoms with Crippen molar-refractivity contribution >= 4 is 23.3 Å². The number of carbonyl (C=O) groups is 3. The molecule has 9 heteroatoms. The predicted octanol–water partition coefficient (Wildman–Crippen LogP) is 2.71. The van der Waals surface area contributed by atoms with Crippen molar-refractivity contribution in [2.75, 3.05) is 18.7 Å². The number of esters is 1. The van der Waals surface area contributed by atoms with Gasteiger partial charge in [0, 0.05) is 11.6 Å². The number of nitrogens with one attached hydrogen (secondary N) is 1. The summed E-state index contributed by atoms with van der Waals surface area (Å²) in [5, 5.41) is 2.52. The summed E-state index contributed by atoms with van der Waals surface area (Å²) in [5.74, 6) is -1.05. The Morgan fingerprint density at radius 3 is 2.45 bits per heavy atom. The number of ketones is 1. The number of hydrogen-bond donors (Lipinski definition) is 1. The minimum absolute atomic E-state index is 0.0215. The van der Waals surface area contributed by atoms with Gasteiger partial charge in [0.15, 0.2) is 30.0 Å². The van der Waals surface area contributed by atoms with E-state index in [9.17, 15) is 18.8 Å². The standard InChI is InChI=1S/C20H18FNO7/c1-11(23)15-7-17-18(28-10-27-17)8-16(15)22-19(24)9-26-20(25)12(2)29-14-5-3-13(21)4-6-14/h3-8,12H,9-10H2,1-2H3,(H,22,24)/t12-/m1/s1. The van der Waals surface area contributed by atoms with Gasteiger partial charge in [0.05, 0.1) is 5.69 Å². The molecule has 8 nitrogen and oxygen atoms in total. The van der Waals surface area contributed by atoms with E-state index in [1.165, 1.54) is 50.2 Å². The highest BCUT2D eigenvalue weighted by Gasteiger charge is 2.22. The largest absolute Gasteiger partial charge is 0.479 e. The molecule has 1 aliphatic rings. The summed E-state index contributed by atoms with van der Waals surface area (Å²) in [7, 11) is 0. The van der Waals surface area contributed by atoms with Gasteiger partial charge in [-0.15, -0.1) is 0 Å². The molecule has 2 aromatic carbocycles. The van der Waals surface area contributed by atoms with Gasteiger partial charge in [-0.05, 0) is 44.2 Å². The van der Waals surface area contributed by atoms with Crippen molar-refractivity contribution in [2.45, 2.75) is 20.0 Å². The third-order valence-corrected chi connectivity index (χ3v) is 3.97. The fourth-order valence-corrected chi connectivity index (χ4v) is 2.54. The van der Waals surface area contributed by atoms with E-state index in [0.717, 1.165) is 0 Å². The van der Waals surface area contributed by atoms with Crippen molar-refractivity contribution in [2.24, 2.45) is 0 Å². The Balaban J connectivity index is 1.56. The number of ether oxygens (including phenoxy) is 4. The summed E-state index contributed by atoms with van der Waals surface area (Å²) in [6.07, 6.45) is -1.01. The minimum Gasteiger partial charge on any atom is -0.479 e. The molecule has 1 aliphatic heterocycles. The van der Waals surface area contributed by atoms with Gasteiger partial charge in [0.2, 0.25) is 6.79 Å². The van der Waals surface area contributed by atoms with Crippen LogP contribution in [0.15, 0.2) is 36.4 Å². The Hall–Kier alpha value is -3.62. The van der Waals surface area contributed by atoms with Gasteiger partial charge in [-0.3, -0.25) is 9.59 Å². The normalized spacial score (nSPS) is 12.8. The highest BCUT2D eigenvalue weighted by Crippen LogP contribution is 2.37. The molecule has 0 fully saturated rings. The van der Waals surface area contributed by atoms with Crippen molar-refractivity contribution in [3.63, 3.8) is 0 Å². The average Bonchev–Trinajstić information content (AvgIpc) is 3.14. The minimum atomic E-state index is -1.01. The molecule has 3 rings (SSSR count). The molecule has 0 radical (unpaired) electrons. The van der Waals surface area contributed by atoms with E-state index in [1.54, 1.807) is 0 Å². The van der Waals surface area contributed by atoms with Crippen LogP contribution in [0.5, 0.6) is 17.2 Å². The second-order valence-corrected chi connectivity index (χ2v) is 6.18. The molecule has 0 saturated carbocycles. The summed E-state index contributed by atoms with van der Waals surface area (Å²) in [6.45, 7) is 2.23. The first-order chi connectivity index (χ1) is 13.8. The van der Waals surface area contributed by atoms with Gasteiger partial charge >= 0.3 is 5.97 Å². The van der Waals surface area contributed by atoms with Gasteiger partial charge < -0.3 is 24.3 Å². The fourth-order valence-electron chi connectivity index (χ4n) is 2.54. The summed E-state index contributed by atoms with van der Waals surface area (Å²) >= 11 is 0. The summed E-state index contributed by atoms with van der Waals surface area (Å²) < 4.78 is 33.6. The van der Waals surface area contributed by atoms with Crippen LogP contribution in [-0.2, 0) is 14.3 Å². The lowest BCUT2D eigenvalue weighted by Gasteiger charge is -2.14. The number of carbonyl (C=O) groups excluding carboxylic acids is 3. The SMILES string of the molecule is CC(=O)c1cc2c(cc1NC(=O)COC(=O)[C@@H](C)Oc1ccc(F)cc1)OCO2. The predicted molar refractivity (Wildman–Crippen MR) is 98.6 cm³/mol. The van der Waals surface area contributed by atoms with Gasteiger partial charge in [0.25, 0.3) is 5.91 Å². The molecule has 1 N–H and O–H groups in total. The Morgan fingerprint density at radius 2 is 1.79 bits per heavy atom. The highest BCUT2D eigenvalue weighted by atomic mass is 19.1. The number of anilines is 1. The molecule has 152 valence electrons. The van der Waals surface area contributed by atoms with Crippen LogP contribution in [0.1, 0.15) is 24.2 Å². The first-order valence-electron chi connectivity index (χ1n) is 8.67. The van der Waals surface area contributed by atoms with Crippen LogP contribution >= 0.6 is 0 Å². The Kier molecular flexibility index (Phi) is 5.96. The molecule has 0 spiro atoms. The second kappa shape index (κ2) is 8.59. The zero-order valence-electron chi connectivity index (χ0n) is 15.7. The first-order valence-corrected chi connectivity index (χ1v) is 8.67. The number of hydrogen-bond acceptors (Lipinski definition) is 7. The van der Waals surface area contributed by atoms with Crippen molar-refractivity contribution in [3.05, 3.63) is 47.8 Å². The molecule has 0 saturated heterocycles. The van der Waals surface area contributed by atoms with Gasteiger partial charge in [-0.1, -0.05) is 0 Å². The Labute approximate surface area is 165 Å². The van der Waals surface area contributed by atoms with Crippen LogP contribution in [0.2, 0.25) is 0 Å². The number of benzene rings is 2. The van der Waals surface area contributed by atoms with E-state index in [0.29, 0.717) is 11.5 Å². The number of fused-ring (bicyclic) bond motifs is 1. The van der Waals surface area contributed by atoms with E-state index in [1.807, 2.05) is 0 Å². The molecule has 0 aliphatic carbocycles. The summed E-state index contributed by atoms with van der Waals surface area (Å²) in [5.41, 5.74) is 0.459. The van der Waals surface area contributed by atoms with Crippen LogP contribution in [0.3, 0.4) is 0 Å². The maximum absolute atomic E-state index is 12.9. The molecular weight excluding hydrogens is 385 g/mol. The third kappa shape index (κ3) is 5.01. The topological polar surface area (TPSA) is 100 Å². The average molecular weight is 403 g/mol. The van der Waals surface area contributed by atoms with E-state index in [-0.39, 0.29) is 29.6 Å². The lowest BCUT2D eigenvalue weighted by atomic mass is 10.1. The van der Waals surface area contributed by atoms with Crippen molar-refractivity contribution in [1.82, 2.24) is 0 Å². The van der Waals surface area contributed by atoms with Crippen LogP contribution < -0.4 is 19.5 Å². The summed E-state index contributed by atoms with van der Waals surface area (Å²) in [4.78, 5) is 36.0. The van der Waals surface area contributed by atoms with Crippen LogP contribution in [0.4, 0.5) is 10.1 Å². The number of halogens is 1.